The Hall–Kier alpha value is -1.66. The zero-order chi connectivity index (χ0) is 13.5. The minimum Gasteiger partial charge on any atom is -0.383 e. The Morgan fingerprint density at radius 3 is 2.89 bits per heavy atom. The van der Waals surface area contributed by atoms with Crippen LogP contribution in [-0.2, 0) is 16.1 Å². The van der Waals surface area contributed by atoms with Crippen molar-refractivity contribution >= 4 is 11.6 Å². The van der Waals surface area contributed by atoms with Gasteiger partial charge in [-0.05, 0) is 12.5 Å². The van der Waals surface area contributed by atoms with Crippen molar-refractivity contribution in [3.63, 3.8) is 0 Å². The summed E-state index contributed by atoms with van der Waals surface area (Å²) in [6.45, 7) is 2.72. The quantitative estimate of drug-likeness (QED) is 0.756. The molecule has 1 amide bonds. The molecule has 0 saturated carbocycles. The first-order valence-electron chi connectivity index (χ1n) is 5.84. The van der Waals surface area contributed by atoms with E-state index in [0.717, 1.165) is 0 Å². The predicted molar refractivity (Wildman–Crippen MR) is 69.5 cm³/mol. The number of rotatable bonds is 6. The molecule has 0 fully saturated rings. The van der Waals surface area contributed by atoms with E-state index in [1.54, 1.807) is 19.4 Å². The van der Waals surface area contributed by atoms with E-state index < -0.39 is 6.04 Å². The zero-order valence-electron chi connectivity index (χ0n) is 10.7. The monoisotopic (exact) mass is 253 g/mol. The lowest BCUT2D eigenvalue weighted by molar-refractivity contribution is -0.117. The van der Waals surface area contributed by atoms with Crippen LogP contribution >= 0.6 is 0 Å². The van der Waals surface area contributed by atoms with Gasteiger partial charge in [-0.2, -0.15) is 0 Å². The minimum absolute atomic E-state index is 0.134. The fraction of sp³-hybridized carbons (Fsp3) is 0.500. The van der Waals surface area contributed by atoms with Gasteiger partial charge in [0.15, 0.2) is 0 Å². The molecule has 1 heterocycles. The fourth-order valence-electron chi connectivity index (χ4n) is 1.39. The van der Waals surface area contributed by atoms with Crippen LogP contribution in [0.2, 0.25) is 0 Å². The van der Waals surface area contributed by atoms with Gasteiger partial charge in [-0.25, -0.2) is 0 Å². The number of pyridine rings is 1. The van der Waals surface area contributed by atoms with Crippen LogP contribution in [0.1, 0.15) is 13.3 Å². The summed E-state index contributed by atoms with van der Waals surface area (Å²) in [6, 6.07) is 2.43. The number of nitrogens with zero attached hydrogens (tertiary/aromatic N) is 1. The van der Waals surface area contributed by atoms with Crippen LogP contribution in [-0.4, -0.2) is 30.2 Å². The molecule has 1 aromatic rings. The maximum Gasteiger partial charge on any atom is 0.250 e. The van der Waals surface area contributed by atoms with Crippen LogP contribution in [0, 0.1) is 0 Å². The molecule has 0 aliphatic carbocycles. The average molecular weight is 253 g/mol. The van der Waals surface area contributed by atoms with Gasteiger partial charge in [0, 0.05) is 25.9 Å². The number of aromatic nitrogens is 1. The highest BCUT2D eigenvalue weighted by Crippen LogP contribution is 2.04. The summed E-state index contributed by atoms with van der Waals surface area (Å²) in [6.07, 6.45) is 2.15. The fourth-order valence-corrected chi connectivity index (χ4v) is 1.39. The van der Waals surface area contributed by atoms with Crippen molar-refractivity contribution in [2.45, 2.75) is 25.9 Å². The molecular formula is C12H19N3O3. The van der Waals surface area contributed by atoms with Gasteiger partial charge in [0.2, 0.25) is 5.91 Å². The Labute approximate surface area is 106 Å². The van der Waals surface area contributed by atoms with Gasteiger partial charge in [-0.1, -0.05) is 6.92 Å². The Balaban J connectivity index is 2.78. The van der Waals surface area contributed by atoms with Gasteiger partial charge < -0.3 is 20.4 Å². The van der Waals surface area contributed by atoms with Crippen LogP contribution in [0.15, 0.2) is 23.1 Å². The third kappa shape index (κ3) is 3.97. The molecule has 0 radical (unpaired) electrons. The first-order chi connectivity index (χ1) is 8.58. The standard InChI is InChI=1S/C12H19N3O3/c1-3-10(13)12(17)14-9-4-5-11(16)15(8-9)6-7-18-2/h4-5,8,10H,3,6-7,13H2,1-2H3,(H,14,17)/t10-/m1/s1. The number of nitrogens with one attached hydrogen (secondary N) is 1. The molecule has 0 aromatic carbocycles. The largest absolute Gasteiger partial charge is 0.383 e. The van der Waals surface area contributed by atoms with E-state index in [-0.39, 0.29) is 11.5 Å². The summed E-state index contributed by atoms with van der Waals surface area (Å²) in [7, 11) is 1.57. The summed E-state index contributed by atoms with van der Waals surface area (Å²) >= 11 is 0. The highest BCUT2D eigenvalue weighted by Gasteiger charge is 2.11. The Bertz CT molecular complexity index is 456. The molecule has 1 atom stereocenters. The number of hydrogen-bond donors (Lipinski definition) is 2. The van der Waals surface area contributed by atoms with E-state index in [2.05, 4.69) is 5.32 Å². The molecule has 1 aromatic heterocycles. The second kappa shape index (κ2) is 6.93. The summed E-state index contributed by atoms with van der Waals surface area (Å²) < 4.78 is 6.39. The Morgan fingerprint density at radius 1 is 1.56 bits per heavy atom. The lowest BCUT2D eigenvalue weighted by atomic mass is 10.2. The Kier molecular flexibility index (Phi) is 5.54. The van der Waals surface area contributed by atoms with Gasteiger partial charge in [-0.3, -0.25) is 9.59 Å². The molecule has 0 bridgehead atoms. The van der Waals surface area contributed by atoms with E-state index in [1.807, 2.05) is 6.92 Å². The van der Waals surface area contributed by atoms with Crippen LogP contribution in [0.4, 0.5) is 5.69 Å². The number of anilines is 1. The summed E-state index contributed by atoms with van der Waals surface area (Å²) in [4.78, 5) is 23.1. The number of amides is 1. The van der Waals surface area contributed by atoms with Crippen molar-refractivity contribution in [2.75, 3.05) is 19.0 Å². The highest BCUT2D eigenvalue weighted by molar-refractivity contribution is 5.94. The maximum atomic E-state index is 11.6. The van der Waals surface area contributed by atoms with Crippen molar-refractivity contribution < 1.29 is 9.53 Å². The number of hydrogen-bond acceptors (Lipinski definition) is 4. The van der Waals surface area contributed by atoms with Crippen molar-refractivity contribution in [2.24, 2.45) is 5.73 Å². The molecule has 0 aliphatic rings. The highest BCUT2D eigenvalue weighted by atomic mass is 16.5. The molecule has 0 saturated heterocycles. The third-order valence-electron chi connectivity index (χ3n) is 2.56. The predicted octanol–water partition coefficient (Wildman–Crippen LogP) is 0.171. The smallest absolute Gasteiger partial charge is 0.250 e. The zero-order valence-corrected chi connectivity index (χ0v) is 10.7. The molecular weight excluding hydrogens is 234 g/mol. The van der Waals surface area contributed by atoms with Gasteiger partial charge in [0.25, 0.3) is 5.56 Å². The minimum atomic E-state index is -0.538. The number of methoxy groups -OCH3 is 1. The van der Waals surface area contributed by atoms with Gasteiger partial charge >= 0.3 is 0 Å². The van der Waals surface area contributed by atoms with Crippen LogP contribution < -0.4 is 16.6 Å². The normalized spacial score (nSPS) is 12.2. The number of nitrogens with two attached hydrogens (primary N) is 1. The van der Waals surface area contributed by atoms with Crippen molar-refractivity contribution in [1.29, 1.82) is 0 Å². The van der Waals surface area contributed by atoms with Crippen LogP contribution in [0.3, 0.4) is 0 Å². The lowest BCUT2D eigenvalue weighted by Gasteiger charge is -2.11. The van der Waals surface area contributed by atoms with E-state index in [1.165, 1.54) is 10.6 Å². The van der Waals surface area contributed by atoms with Gasteiger partial charge in [0.05, 0.1) is 18.3 Å². The van der Waals surface area contributed by atoms with E-state index in [4.69, 9.17) is 10.5 Å². The second-order valence-electron chi connectivity index (χ2n) is 3.95. The SMILES string of the molecule is CC[C@@H](N)C(=O)Nc1ccc(=O)n(CCOC)c1. The molecule has 6 heteroatoms. The maximum absolute atomic E-state index is 11.6. The molecule has 100 valence electrons. The first kappa shape index (κ1) is 14.4. The van der Waals surface area contributed by atoms with Crippen LogP contribution in [0.5, 0.6) is 0 Å². The van der Waals surface area contributed by atoms with E-state index in [0.29, 0.717) is 25.3 Å². The molecule has 0 aliphatic heterocycles. The van der Waals surface area contributed by atoms with Gasteiger partial charge in [-0.15, -0.1) is 0 Å². The van der Waals surface area contributed by atoms with Crippen molar-refractivity contribution in [3.8, 4) is 0 Å². The number of carbonyl (C=O) groups is 1. The molecule has 1 rings (SSSR count). The third-order valence-corrected chi connectivity index (χ3v) is 2.56. The lowest BCUT2D eigenvalue weighted by Crippen LogP contribution is -2.35. The van der Waals surface area contributed by atoms with Crippen molar-refractivity contribution in [3.05, 3.63) is 28.7 Å². The number of ether oxygens (including phenoxy) is 1. The summed E-state index contributed by atoms with van der Waals surface area (Å²) in [5, 5.41) is 2.67. The van der Waals surface area contributed by atoms with Crippen LogP contribution in [0.25, 0.3) is 0 Å². The molecule has 18 heavy (non-hydrogen) atoms. The van der Waals surface area contributed by atoms with Gasteiger partial charge in [0.1, 0.15) is 0 Å². The molecule has 6 nitrogen and oxygen atoms in total. The second-order valence-corrected chi connectivity index (χ2v) is 3.95. The van der Waals surface area contributed by atoms with Crippen molar-refractivity contribution in [1.82, 2.24) is 4.57 Å². The molecule has 0 spiro atoms. The van der Waals surface area contributed by atoms with E-state index >= 15 is 0 Å². The summed E-state index contributed by atoms with van der Waals surface area (Å²) in [5.41, 5.74) is 6.03. The topological polar surface area (TPSA) is 86.4 Å². The number of carbonyl (C=O) groups excluding carboxylic acids is 1. The van der Waals surface area contributed by atoms with E-state index in [9.17, 15) is 9.59 Å². The summed E-state index contributed by atoms with van der Waals surface area (Å²) in [5.74, 6) is -0.255. The average Bonchev–Trinajstić information content (AvgIpc) is 2.38. The molecule has 0 unspecified atom stereocenters. The Morgan fingerprint density at radius 2 is 2.28 bits per heavy atom. The molecule has 3 N–H and O–H groups in total. The first-order valence-corrected chi connectivity index (χ1v) is 5.84.